The van der Waals surface area contributed by atoms with Gasteiger partial charge in [0.25, 0.3) is 0 Å². The fourth-order valence-corrected chi connectivity index (χ4v) is 5.88. The molecule has 2 aliphatic carbocycles. The number of carbonyl (C=O) groups excluding carboxylic acids is 1. The zero-order chi connectivity index (χ0) is 16.1. The molecule has 0 N–H and O–H groups in total. The summed E-state index contributed by atoms with van der Waals surface area (Å²) in [6.45, 7) is 15.8. The van der Waals surface area contributed by atoms with Gasteiger partial charge < -0.3 is 4.43 Å². The summed E-state index contributed by atoms with van der Waals surface area (Å²) < 4.78 is 6.78. The Bertz CT molecular complexity index is 410. The molecule has 0 aromatic rings. The van der Waals surface area contributed by atoms with E-state index in [0.717, 1.165) is 6.42 Å². The van der Waals surface area contributed by atoms with Crippen LogP contribution in [0.2, 0.25) is 18.1 Å². The maximum absolute atomic E-state index is 12.0. The summed E-state index contributed by atoms with van der Waals surface area (Å²) in [5.41, 5.74) is 0.192. The Morgan fingerprint density at radius 3 is 2.33 bits per heavy atom. The van der Waals surface area contributed by atoms with Crippen molar-refractivity contribution in [3.05, 3.63) is 0 Å². The van der Waals surface area contributed by atoms with Crippen LogP contribution in [0.5, 0.6) is 0 Å². The Hall–Kier alpha value is -0.153. The summed E-state index contributed by atoms with van der Waals surface area (Å²) in [4.78, 5) is 12.0. The molecule has 2 rings (SSSR count). The fraction of sp³-hybridized carbons (Fsp3) is 0.944. The molecule has 0 spiro atoms. The Morgan fingerprint density at radius 1 is 1.19 bits per heavy atom. The standard InChI is InChI=1S/C18H34O2Si/c1-13(19)14-10-11-15-16(9-8-12-18(14,15)5)20-21(6,7)17(2,3)4/h14-16H,8-12H2,1-7H3/t14?,15?,16?,18-/m1/s1. The van der Waals surface area contributed by atoms with E-state index in [4.69, 9.17) is 4.43 Å². The van der Waals surface area contributed by atoms with Crippen LogP contribution in [0.25, 0.3) is 0 Å². The van der Waals surface area contributed by atoms with E-state index in [2.05, 4.69) is 40.8 Å². The minimum atomic E-state index is -1.72. The lowest BCUT2D eigenvalue weighted by Gasteiger charge is -2.48. The van der Waals surface area contributed by atoms with Crippen molar-refractivity contribution in [3.8, 4) is 0 Å². The molecule has 0 bridgehead atoms. The van der Waals surface area contributed by atoms with Gasteiger partial charge in [-0.25, -0.2) is 0 Å². The van der Waals surface area contributed by atoms with Crippen molar-refractivity contribution in [1.82, 2.24) is 0 Å². The molecule has 2 aliphatic rings. The third-order valence-electron chi connectivity index (χ3n) is 6.81. The first kappa shape index (κ1) is 17.2. The third-order valence-corrected chi connectivity index (χ3v) is 11.3. The molecule has 0 aromatic heterocycles. The number of carbonyl (C=O) groups is 1. The van der Waals surface area contributed by atoms with Gasteiger partial charge in [-0.3, -0.25) is 4.79 Å². The molecule has 2 saturated carbocycles. The van der Waals surface area contributed by atoms with Gasteiger partial charge >= 0.3 is 0 Å². The molecule has 3 unspecified atom stereocenters. The van der Waals surface area contributed by atoms with Crippen molar-refractivity contribution in [2.24, 2.45) is 17.3 Å². The third kappa shape index (κ3) is 3.01. The molecular formula is C18H34O2Si. The predicted octanol–water partition coefficient (Wildman–Crippen LogP) is 5.18. The van der Waals surface area contributed by atoms with Crippen LogP contribution in [0.1, 0.15) is 66.7 Å². The molecule has 0 saturated heterocycles. The van der Waals surface area contributed by atoms with E-state index < -0.39 is 8.32 Å². The van der Waals surface area contributed by atoms with Crippen LogP contribution >= 0.6 is 0 Å². The van der Waals surface area contributed by atoms with E-state index in [1.807, 2.05) is 0 Å². The van der Waals surface area contributed by atoms with Crippen molar-refractivity contribution in [1.29, 1.82) is 0 Å². The summed E-state index contributed by atoms with van der Waals surface area (Å²) in [5, 5.41) is 0.263. The lowest BCUT2D eigenvalue weighted by atomic mass is 9.63. The second-order valence-corrected chi connectivity index (χ2v) is 13.9. The van der Waals surface area contributed by atoms with Crippen molar-refractivity contribution in [2.45, 2.75) is 91.0 Å². The Morgan fingerprint density at radius 2 is 1.81 bits per heavy atom. The highest BCUT2D eigenvalue weighted by molar-refractivity contribution is 6.74. The Balaban J connectivity index is 2.19. The van der Waals surface area contributed by atoms with Crippen molar-refractivity contribution >= 4 is 14.1 Å². The Kier molecular flexibility index (Phi) is 4.49. The average molecular weight is 311 g/mol. The zero-order valence-corrected chi connectivity index (χ0v) is 16.1. The summed E-state index contributed by atoms with van der Waals surface area (Å²) in [7, 11) is -1.72. The van der Waals surface area contributed by atoms with Crippen LogP contribution < -0.4 is 0 Å². The maximum Gasteiger partial charge on any atom is 0.192 e. The van der Waals surface area contributed by atoms with Crippen LogP contribution in [0.4, 0.5) is 0 Å². The first-order valence-electron chi connectivity index (χ1n) is 8.67. The molecule has 4 atom stereocenters. The number of hydrogen-bond donors (Lipinski definition) is 0. The van der Waals surface area contributed by atoms with Crippen LogP contribution in [0, 0.1) is 17.3 Å². The number of fused-ring (bicyclic) bond motifs is 1. The molecule has 0 aromatic carbocycles. The fourth-order valence-electron chi connectivity index (χ4n) is 4.48. The largest absolute Gasteiger partial charge is 0.414 e. The van der Waals surface area contributed by atoms with Gasteiger partial charge in [-0.15, -0.1) is 0 Å². The normalized spacial score (nSPS) is 37.4. The van der Waals surface area contributed by atoms with E-state index in [0.29, 0.717) is 17.8 Å². The predicted molar refractivity (Wildman–Crippen MR) is 90.9 cm³/mol. The number of hydrogen-bond acceptors (Lipinski definition) is 2. The van der Waals surface area contributed by atoms with Gasteiger partial charge in [0.1, 0.15) is 5.78 Å². The van der Waals surface area contributed by atoms with Crippen LogP contribution in [0.15, 0.2) is 0 Å². The van der Waals surface area contributed by atoms with Crippen LogP contribution in [0.3, 0.4) is 0 Å². The summed E-state index contributed by atoms with van der Waals surface area (Å²) in [6, 6.07) is 0. The summed E-state index contributed by atoms with van der Waals surface area (Å²) in [6.07, 6.45) is 6.26. The van der Waals surface area contributed by atoms with E-state index in [1.165, 1.54) is 25.7 Å². The van der Waals surface area contributed by atoms with Crippen molar-refractivity contribution < 1.29 is 9.22 Å². The quantitative estimate of drug-likeness (QED) is 0.671. The highest BCUT2D eigenvalue weighted by atomic mass is 28.4. The van der Waals surface area contributed by atoms with Gasteiger partial charge in [0.15, 0.2) is 8.32 Å². The molecule has 0 heterocycles. The highest BCUT2D eigenvalue weighted by Gasteiger charge is 2.54. The second kappa shape index (κ2) is 5.49. The van der Waals surface area contributed by atoms with E-state index in [1.54, 1.807) is 6.92 Å². The molecule has 2 nitrogen and oxygen atoms in total. The number of Topliss-reactive ketones (excluding diaryl/α,β-unsaturated/α-hetero) is 1. The maximum atomic E-state index is 12.0. The van der Waals surface area contributed by atoms with Gasteiger partial charge in [-0.05, 0) is 62.1 Å². The Labute approximate surface area is 132 Å². The van der Waals surface area contributed by atoms with Gasteiger partial charge in [0.2, 0.25) is 0 Å². The van der Waals surface area contributed by atoms with Crippen LogP contribution in [-0.2, 0) is 9.22 Å². The van der Waals surface area contributed by atoms with Crippen molar-refractivity contribution in [3.63, 3.8) is 0 Å². The minimum Gasteiger partial charge on any atom is -0.414 e. The highest BCUT2D eigenvalue weighted by Crippen LogP contribution is 2.57. The first-order valence-corrected chi connectivity index (χ1v) is 11.6. The molecule has 122 valence electrons. The molecule has 0 amide bonds. The number of rotatable bonds is 3. The smallest absolute Gasteiger partial charge is 0.192 e. The van der Waals surface area contributed by atoms with E-state index in [9.17, 15) is 4.79 Å². The first-order chi connectivity index (χ1) is 9.49. The van der Waals surface area contributed by atoms with Gasteiger partial charge in [-0.2, -0.15) is 0 Å². The van der Waals surface area contributed by atoms with Gasteiger partial charge in [0.05, 0.1) is 0 Å². The molecule has 0 radical (unpaired) electrons. The molecule has 2 fully saturated rings. The minimum absolute atomic E-state index is 0.192. The SMILES string of the molecule is CC(=O)C1CCC2C(O[Si](C)(C)C(C)(C)C)CCC[C@]12C. The van der Waals surface area contributed by atoms with Crippen molar-refractivity contribution in [2.75, 3.05) is 0 Å². The topological polar surface area (TPSA) is 26.3 Å². The van der Waals surface area contributed by atoms with Crippen LogP contribution in [-0.4, -0.2) is 20.2 Å². The zero-order valence-electron chi connectivity index (χ0n) is 15.1. The van der Waals surface area contributed by atoms with E-state index >= 15 is 0 Å². The van der Waals surface area contributed by atoms with Gasteiger partial charge in [0, 0.05) is 12.0 Å². The molecule has 0 aliphatic heterocycles. The average Bonchev–Trinajstić information content (AvgIpc) is 2.65. The lowest BCUT2D eigenvalue weighted by Crippen LogP contribution is -2.50. The van der Waals surface area contributed by atoms with Gasteiger partial charge in [-0.1, -0.05) is 34.1 Å². The second-order valence-electron chi connectivity index (χ2n) is 9.16. The lowest BCUT2D eigenvalue weighted by molar-refractivity contribution is -0.126. The summed E-state index contributed by atoms with van der Waals surface area (Å²) in [5.74, 6) is 1.26. The molecule has 3 heteroatoms. The molecule has 21 heavy (non-hydrogen) atoms. The molecular weight excluding hydrogens is 276 g/mol. The van der Waals surface area contributed by atoms with E-state index in [-0.39, 0.29) is 16.4 Å². The summed E-state index contributed by atoms with van der Waals surface area (Å²) >= 11 is 0. The monoisotopic (exact) mass is 310 g/mol. The number of ketones is 1.